The minimum absolute atomic E-state index is 0.0895. The molecule has 0 amide bonds. The van der Waals surface area contributed by atoms with Gasteiger partial charge in [0, 0.05) is 17.6 Å². The minimum atomic E-state index is -0.288. The molecule has 0 N–H and O–H groups in total. The normalized spacial score (nSPS) is 16.1. The van der Waals surface area contributed by atoms with Crippen molar-refractivity contribution in [2.75, 3.05) is 9.91 Å². The molecule has 3 aromatic carbocycles. The molecule has 0 saturated carbocycles. The number of hydrogen-bond acceptors (Lipinski definition) is 4. The molecule has 0 aromatic heterocycles. The first-order valence-electron chi connectivity index (χ1n) is 10.5. The highest BCUT2D eigenvalue weighted by Crippen LogP contribution is 2.39. The maximum absolute atomic E-state index is 12.6. The quantitative estimate of drug-likeness (QED) is 0.451. The molecule has 158 valence electrons. The van der Waals surface area contributed by atoms with Gasteiger partial charge in [-0.1, -0.05) is 67.4 Å². The Kier molecular flexibility index (Phi) is 5.84. The predicted octanol–water partition coefficient (Wildman–Crippen LogP) is 6.70. The lowest BCUT2D eigenvalue weighted by Crippen LogP contribution is -2.37. The van der Waals surface area contributed by atoms with Gasteiger partial charge in [-0.05, 0) is 60.4 Å². The molecule has 0 aliphatic carbocycles. The van der Waals surface area contributed by atoms with Crippen LogP contribution in [0.25, 0.3) is 0 Å². The Hall–Kier alpha value is -3.11. The second-order valence-electron chi connectivity index (χ2n) is 8.20. The molecule has 1 aliphatic heterocycles. The minimum Gasteiger partial charge on any atom is -0.295 e. The number of halogens is 1. The molecule has 0 fully saturated rings. The van der Waals surface area contributed by atoms with Crippen molar-refractivity contribution in [3.63, 3.8) is 0 Å². The Morgan fingerprint density at radius 3 is 2.03 bits per heavy atom. The van der Waals surface area contributed by atoms with Crippen molar-refractivity contribution < 1.29 is 4.79 Å². The summed E-state index contributed by atoms with van der Waals surface area (Å²) in [6.45, 7) is 7.97. The molecule has 0 radical (unpaired) electrons. The van der Waals surface area contributed by atoms with E-state index >= 15 is 0 Å². The fourth-order valence-corrected chi connectivity index (χ4v) is 3.90. The van der Waals surface area contributed by atoms with Gasteiger partial charge in [0.05, 0.1) is 5.69 Å². The van der Waals surface area contributed by atoms with Gasteiger partial charge in [-0.2, -0.15) is 0 Å². The van der Waals surface area contributed by atoms with Gasteiger partial charge >= 0.3 is 0 Å². The zero-order valence-corrected chi connectivity index (χ0v) is 19.0. The van der Waals surface area contributed by atoms with Crippen LogP contribution in [0.15, 0.2) is 77.9 Å². The number of hydrazone groups is 1. The van der Waals surface area contributed by atoms with E-state index in [1.165, 1.54) is 11.1 Å². The number of aryl methyl sites for hydroxylation is 1. The highest BCUT2D eigenvalue weighted by Gasteiger charge is 2.39. The molecule has 0 saturated heterocycles. The molecular weight excluding hydrogens is 406 g/mol. The molecule has 5 heteroatoms. The highest BCUT2D eigenvalue weighted by molar-refractivity contribution is 6.44. The van der Waals surface area contributed by atoms with Crippen molar-refractivity contribution in [2.24, 2.45) is 5.10 Å². The van der Waals surface area contributed by atoms with E-state index in [-0.39, 0.29) is 11.9 Å². The molecule has 0 spiro atoms. The van der Waals surface area contributed by atoms with Crippen LogP contribution in [0.3, 0.4) is 0 Å². The van der Waals surface area contributed by atoms with E-state index in [9.17, 15) is 4.79 Å². The molecule has 0 bridgehead atoms. The van der Waals surface area contributed by atoms with Crippen LogP contribution in [0.4, 0.5) is 11.4 Å². The molecule has 31 heavy (non-hydrogen) atoms. The zero-order valence-electron chi connectivity index (χ0n) is 18.2. The van der Waals surface area contributed by atoms with Gasteiger partial charge in [0.2, 0.25) is 0 Å². The number of nitrogens with zero attached hydrogens (tertiary/aromatic N) is 3. The van der Waals surface area contributed by atoms with Crippen molar-refractivity contribution in [1.82, 2.24) is 0 Å². The fourth-order valence-electron chi connectivity index (χ4n) is 3.78. The first-order chi connectivity index (χ1) is 14.8. The average Bonchev–Trinajstić information content (AvgIpc) is 3.16. The van der Waals surface area contributed by atoms with Crippen LogP contribution in [0.5, 0.6) is 0 Å². The number of amidine groups is 1. The SMILES string of the molecule is CC(=O)C1=NN(c2ccc(C)cc2)[C@H](c2ccc(C(C)C)cc2)N1c1ccc(Cl)cc1. The third kappa shape index (κ3) is 4.21. The largest absolute Gasteiger partial charge is 0.295 e. The summed E-state index contributed by atoms with van der Waals surface area (Å²) in [5.41, 5.74) is 5.30. The smallest absolute Gasteiger partial charge is 0.198 e. The predicted molar refractivity (Wildman–Crippen MR) is 129 cm³/mol. The van der Waals surface area contributed by atoms with Gasteiger partial charge in [-0.3, -0.25) is 9.69 Å². The number of anilines is 2. The number of Topliss-reactive ketones (excluding diaryl/α,β-unsaturated/α-hetero) is 1. The van der Waals surface area contributed by atoms with E-state index in [1.807, 2.05) is 46.3 Å². The number of carbonyl (C=O) groups is 1. The molecule has 1 aliphatic rings. The van der Waals surface area contributed by atoms with Gasteiger partial charge in [0.15, 0.2) is 17.8 Å². The summed E-state index contributed by atoms with van der Waals surface area (Å²) in [7, 11) is 0. The van der Waals surface area contributed by atoms with Crippen LogP contribution in [0.1, 0.15) is 49.5 Å². The van der Waals surface area contributed by atoms with E-state index in [4.69, 9.17) is 16.7 Å². The van der Waals surface area contributed by atoms with Gasteiger partial charge in [0.25, 0.3) is 0 Å². The van der Waals surface area contributed by atoms with Crippen molar-refractivity contribution in [2.45, 2.75) is 39.8 Å². The summed E-state index contributed by atoms with van der Waals surface area (Å²) in [6.07, 6.45) is -0.288. The molecule has 3 aromatic rings. The number of hydrogen-bond donors (Lipinski definition) is 0. The Balaban J connectivity index is 1.87. The van der Waals surface area contributed by atoms with E-state index in [0.29, 0.717) is 16.8 Å². The summed E-state index contributed by atoms with van der Waals surface area (Å²) in [5.74, 6) is 0.761. The monoisotopic (exact) mass is 431 g/mol. The fraction of sp³-hybridized carbons (Fsp3) is 0.231. The molecule has 4 rings (SSSR count). The Bertz CT molecular complexity index is 1100. The molecule has 1 heterocycles. The molecule has 1 atom stereocenters. The molecule has 0 unspecified atom stereocenters. The molecule has 4 nitrogen and oxygen atoms in total. The van der Waals surface area contributed by atoms with Crippen LogP contribution >= 0.6 is 11.6 Å². The van der Waals surface area contributed by atoms with Crippen molar-refractivity contribution in [3.8, 4) is 0 Å². The van der Waals surface area contributed by atoms with E-state index in [1.54, 1.807) is 6.92 Å². The van der Waals surface area contributed by atoms with Gasteiger partial charge in [-0.15, -0.1) is 5.10 Å². The maximum Gasteiger partial charge on any atom is 0.198 e. The number of carbonyl (C=O) groups excluding carboxylic acids is 1. The second-order valence-corrected chi connectivity index (χ2v) is 8.64. The van der Waals surface area contributed by atoms with Crippen molar-refractivity contribution in [3.05, 3.63) is 94.5 Å². The van der Waals surface area contributed by atoms with Gasteiger partial charge < -0.3 is 0 Å². The average molecular weight is 432 g/mol. The van der Waals surface area contributed by atoms with Crippen LogP contribution in [-0.2, 0) is 4.79 Å². The topological polar surface area (TPSA) is 35.9 Å². The zero-order chi connectivity index (χ0) is 22.1. The lowest BCUT2D eigenvalue weighted by molar-refractivity contribution is -0.111. The van der Waals surface area contributed by atoms with Crippen molar-refractivity contribution >= 4 is 34.6 Å². The Morgan fingerprint density at radius 2 is 1.48 bits per heavy atom. The van der Waals surface area contributed by atoms with Gasteiger partial charge in [-0.25, -0.2) is 5.01 Å². The molecular formula is C26H26ClN3O. The summed E-state index contributed by atoms with van der Waals surface area (Å²) in [4.78, 5) is 14.6. The first-order valence-corrected chi connectivity index (χ1v) is 10.8. The third-order valence-corrected chi connectivity index (χ3v) is 5.78. The summed E-state index contributed by atoms with van der Waals surface area (Å²) >= 11 is 6.13. The van der Waals surface area contributed by atoms with Crippen LogP contribution in [0.2, 0.25) is 5.02 Å². The number of benzene rings is 3. The summed E-state index contributed by atoms with van der Waals surface area (Å²) < 4.78 is 0. The van der Waals surface area contributed by atoms with Crippen LogP contribution in [0, 0.1) is 6.92 Å². The summed E-state index contributed by atoms with van der Waals surface area (Å²) in [5, 5.41) is 7.35. The lowest BCUT2D eigenvalue weighted by atomic mass is 10.00. The van der Waals surface area contributed by atoms with Crippen LogP contribution in [-0.4, -0.2) is 11.6 Å². The van der Waals surface area contributed by atoms with Gasteiger partial charge in [0.1, 0.15) is 0 Å². The van der Waals surface area contributed by atoms with Crippen LogP contribution < -0.4 is 9.91 Å². The highest BCUT2D eigenvalue weighted by atomic mass is 35.5. The second kappa shape index (κ2) is 8.56. The standard InChI is InChI=1S/C26H26ClN3O/c1-17(2)20-7-9-21(10-8-20)26-29(23-15-11-22(27)12-16-23)25(19(4)31)28-30(26)24-13-5-18(3)6-14-24/h5-17,26H,1-4H3/t26-/m1/s1. The maximum atomic E-state index is 12.6. The first kappa shape index (κ1) is 21.1. The van der Waals surface area contributed by atoms with E-state index in [0.717, 1.165) is 16.9 Å². The van der Waals surface area contributed by atoms with E-state index in [2.05, 4.69) is 57.2 Å². The Labute approximate surface area is 188 Å². The van der Waals surface area contributed by atoms with Crippen molar-refractivity contribution in [1.29, 1.82) is 0 Å². The third-order valence-electron chi connectivity index (χ3n) is 5.53. The van der Waals surface area contributed by atoms with E-state index < -0.39 is 0 Å². The number of ketones is 1. The number of rotatable bonds is 5. The summed E-state index contributed by atoms with van der Waals surface area (Å²) in [6, 6.07) is 24.3. The lowest BCUT2D eigenvalue weighted by Gasteiger charge is -2.32. The Morgan fingerprint density at radius 1 is 0.903 bits per heavy atom.